The first-order valence-corrected chi connectivity index (χ1v) is 6.78. The van der Waals surface area contributed by atoms with Crippen molar-refractivity contribution in [2.45, 2.75) is 6.92 Å². The van der Waals surface area contributed by atoms with E-state index in [2.05, 4.69) is 6.07 Å². The number of halogens is 1. The molecule has 0 amide bonds. The van der Waals surface area contributed by atoms with Crippen LogP contribution in [0.4, 0.5) is 10.1 Å². The van der Waals surface area contributed by atoms with Crippen LogP contribution in [-0.2, 0) is 0 Å². The van der Waals surface area contributed by atoms with Crippen molar-refractivity contribution in [3.05, 3.63) is 76.8 Å². The Morgan fingerprint density at radius 2 is 1.91 bits per heavy atom. The van der Waals surface area contributed by atoms with Crippen molar-refractivity contribution < 1.29 is 9.13 Å². The van der Waals surface area contributed by atoms with Gasteiger partial charge in [-0.05, 0) is 42.8 Å². The lowest BCUT2D eigenvalue weighted by atomic mass is 9.90. The Morgan fingerprint density at radius 1 is 1.18 bits per heavy atom. The second-order valence-electron chi connectivity index (χ2n) is 4.88. The minimum absolute atomic E-state index is 0.321. The van der Waals surface area contributed by atoms with Crippen molar-refractivity contribution in [2.75, 3.05) is 5.73 Å². The molecule has 0 aliphatic carbocycles. The van der Waals surface area contributed by atoms with Crippen molar-refractivity contribution in [1.29, 1.82) is 5.26 Å². The normalized spacial score (nSPS) is 15.2. The number of nitrogens with zero attached hydrogens (tertiary/aromatic N) is 1. The average molecular weight is 292 g/mol. The van der Waals surface area contributed by atoms with Gasteiger partial charge in [-0.2, -0.15) is 5.26 Å². The van der Waals surface area contributed by atoms with Gasteiger partial charge in [0.2, 0.25) is 0 Å². The van der Waals surface area contributed by atoms with E-state index in [0.717, 1.165) is 16.7 Å². The first-order valence-electron chi connectivity index (χ1n) is 6.78. The fourth-order valence-electron chi connectivity index (χ4n) is 2.49. The van der Waals surface area contributed by atoms with Crippen LogP contribution in [0.15, 0.2) is 59.9 Å². The summed E-state index contributed by atoms with van der Waals surface area (Å²) in [4.78, 5) is 0. The van der Waals surface area contributed by atoms with Crippen molar-refractivity contribution in [2.24, 2.45) is 0 Å². The third kappa shape index (κ3) is 2.23. The second-order valence-corrected chi connectivity index (χ2v) is 4.88. The molecule has 2 aromatic rings. The molecule has 3 nitrogen and oxygen atoms in total. The number of benzene rings is 2. The lowest BCUT2D eigenvalue weighted by Crippen LogP contribution is -2.10. The predicted molar refractivity (Wildman–Crippen MR) is 83.3 cm³/mol. The molecular formula is C18H13FN2O. The Hall–Kier alpha value is -3.06. The summed E-state index contributed by atoms with van der Waals surface area (Å²) < 4.78 is 19.0. The number of ether oxygens (including phenoxy) is 1. The quantitative estimate of drug-likeness (QED) is 0.807. The Morgan fingerprint density at radius 3 is 2.55 bits per heavy atom. The Bertz CT molecular complexity index is 842. The molecule has 0 unspecified atom stereocenters. The smallest absolute Gasteiger partial charge is 0.141 e. The highest BCUT2D eigenvalue weighted by Gasteiger charge is 2.25. The number of anilines is 1. The highest BCUT2D eigenvalue weighted by molar-refractivity contribution is 5.91. The van der Waals surface area contributed by atoms with Gasteiger partial charge in [-0.1, -0.05) is 12.1 Å². The summed E-state index contributed by atoms with van der Waals surface area (Å²) in [7, 11) is 0. The second kappa shape index (κ2) is 5.38. The van der Waals surface area contributed by atoms with E-state index < -0.39 is 0 Å². The van der Waals surface area contributed by atoms with E-state index in [0.29, 0.717) is 22.8 Å². The lowest BCUT2D eigenvalue weighted by molar-refractivity contribution is 0.432. The molecule has 4 heteroatoms. The fraction of sp³-hybridized carbons (Fsp3) is 0.0556. The Labute approximate surface area is 127 Å². The highest BCUT2D eigenvalue weighted by atomic mass is 19.1. The fourth-order valence-corrected chi connectivity index (χ4v) is 2.49. The van der Waals surface area contributed by atoms with Gasteiger partial charge in [0.1, 0.15) is 29.0 Å². The number of nitriles is 1. The molecule has 0 bridgehead atoms. The van der Waals surface area contributed by atoms with Gasteiger partial charge in [-0.15, -0.1) is 0 Å². The lowest BCUT2D eigenvalue weighted by Gasteiger charge is -2.23. The maximum atomic E-state index is 13.2. The third-order valence-corrected chi connectivity index (χ3v) is 3.50. The molecule has 0 aromatic heterocycles. The van der Waals surface area contributed by atoms with E-state index in [1.165, 1.54) is 12.1 Å². The molecule has 2 N–H and O–H groups in total. The molecule has 1 aliphatic rings. The van der Waals surface area contributed by atoms with Gasteiger partial charge in [0, 0.05) is 22.9 Å². The molecule has 108 valence electrons. The Kier molecular flexibility index (Phi) is 3.40. The summed E-state index contributed by atoms with van der Waals surface area (Å²) in [6, 6.07) is 13.5. The molecule has 0 saturated carbocycles. The van der Waals surface area contributed by atoms with Crippen molar-refractivity contribution in [1.82, 2.24) is 0 Å². The van der Waals surface area contributed by atoms with E-state index in [1.54, 1.807) is 37.3 Å². The molecule has 22 heavy (non-hydrogen) atoms. The van der Waals surface area contributed by atoms with Gasteiger partial charge >= 0.3 is 0 Å². The summed E-state index contributed by atoms with van der Waals surface area (Å²) in [5, 5.41) is 9.53. The molecule has 0 atom stereocenters. The van der Waals surface area contributed by atoms with Crippen LogP contribution in [0.2, 0.25) is 0 Å². The van der Waals surface area contributed by atoms with E-state index in [9.17, 15) is 9.65 Å². The maximum Gasteiger partial charge on any atom is 0.141 e. The van der Waals surface area contributed by atoms with Crippen LogP contribution >= 0.6 is 0 Å². The summed E-state index contributed by atoms with van der Waals surface area (Å²) in [6.07, 6.45) is 1.73. The van der Waals surface area contributed by atoms with Gasteiger partial charge in [0.15, 0.2) is 0 Å². The number of allylic oxidation sites excluding steroid dienone is 2. The number of nitrogen functional groups attached to an aromatic ring is 1. The summed E-state index contributed by atoms with van der Waals surface area (Å²) in [5.74, 6) is 0.741. The Balaban J connectivity index is 2.32. The molecule has 0 fully saturated rings. The van der Waals surface area contributed by atoms with Crippen LogP contribution in [-0.4, -0.2) is 0 Å². The molecule has 0 radical (unpaired) electrons. The van der Waals surface area contributed by atoms with Crippen molar-refractivity contribution in [3.8, 4) is 11.8 Å². The molecule has 1 aliphatic heterocycles. The number of hydrogen-bond donors (Lipinski definition) is 1. The van der Waals surface area contributed by atoms with E-state index in [1.807, 2.05) is 6.07 Å². The number of hydrogen-bond acceptors (Lipinski definition) is 3. The SMILES string of the molecule is C/C=C1\Oc2cc(N)ccc2C(c2ccc(F)cc2)=C1C#N. The minimum Gasteiger partial charge on any atom is -0.456 e. The predicted octanol–water partition coefficient (Wildman–Crippen LogP) is 4.03. The minimum atomic E-state index is -0.321. The first kappa shape index (κ1) is 13.9. The van der Waals surface area contributed by atoms with E-state index in [-0.39, 0.29) is 5.82 Å². The molecule has 3 rings (SSSR count). The molecule has 0 spiro atoms. The van der Waals surface area contributed by atoms with Gasteiger partial charge in [0.25, 0.3) is 0 Å². The van der Waals surface area contributed by atoms with Crippen LogP contribution < -0.4 is 10.5 Å². The van der Waals surface area contributed by atoms with Gasteiger partial charge in [0.05, 0.1) is 0 Å². The van der Waals surface area contributed by atoms with E-state index in [4.69, 9.17) is 10.5 Å². The topological polar surface area (TPSA) is 59.0 Å². The van der Waals surface area contributed by atoms with Crippen LogP contribution in [0.3, 0.4) is 0 Å². The number of nitrogens with two attached hydrogens (primary N) is 1. The zero-order valence-electron chi connectivity index (χ0n) is 11.9. The summed E-state index contributed by atoms with van der Waals surface area (Å²) in [6.45, 7) is 1.80. The zero-order valence-corrected chi connectivity index (χ0v) is 11.9. The average Bonchev–Trinajstić information content (AvgIpc) is 2.53. The first-order chi connectivity index (χ1) is 10.6. The summed E-state index contributed by atoms with van der Waals surface area (Å²) >= 11 is 0. The molecule has 1 heterocycles. The third-order valence-electron chi connectivity index (χ3n) is 3.50. The largest absolute Gasteiger partial charge is 0.456 e. The molecule has 0 saturated heterocycles. The van der Waals surface area contributed by atoms with Gasteiger partial charge in [-0.3, -0.25) is 0 Å². The number of fused-ring (bicyclic) bond motifs is 1. The van der Waals surface area contributed by atoms with Gasteiger partial charge < -0.3 is 10.5 Å². The zero-order chi connectivity index (χ0) is 15.7. The van der Waals surface area contributed by atoms with Crippen molar-refractivity contribution in [3.63, 3.8) is 0 Å². The molecular weight excluding hydrogens is 279 g/mol. The van der Waals surface area contributed by atoms with Crippen LogP contribution in [0.25, 0.3) is 5.57 Å². The van der Waals surface area contributed by atoms with Crippen LogP contribution in [0.1, 0.15) is 18.1 Å². The van der Waals surface area contributed by atoms with E-state index >= 15 is 0 Å². The summed E-state index contributed by atoms with van der Waals surface area (Å²) in [5.41, 5.74) is 9.05. The van der Waals surface area contributed by atoms with Gasteiger partial charge in [-0.25, -0.2) is 4.39 Å². The monoisotopic (exact) mass is 292 g/mol. The molecule has 2 aromatic carbocycles. The van der Waals surface area contributed by atoms with Crippen LogP contribution in [0, 0.1) is 17.1 Å². The van der Waals surface area contributed by atoms with Crippen molar-refractivity contribution >= 4 is 11.3 Å². The van der Waals surface area contributed by atoms with Crippen LogP contribution in [0.5, 0.6) is 5.75 Å². The standard InChI is InChI=1S/C18H13FN2O/c1-2-16-15(10-20)18(11-3-5-12(19)6-4-11)14-8-7-13(21)9-17(14)22-16/h2-9H,21H2,1H3/b16-2-. The maximum absolute atomic E-state index is 13.2. The number of rotatable bonds is 1. The highest BCUT2D eigenvalue weighted by Crippen LogP contribution is 2.41.